The number of ketones is 2. The van der Waals surface area contributed by atoms with Gasteiger partial charge in [-0.25, -0.2) is 0 Å². The molecule has 0 unspecified atom stereocenters. The lowest BCUT2D eigenvalue weighted by molar-refractivity contribution is -0.336. The monoisotopic (exact) mass is 632 g/mol. The van der Waals surface area contributed by atoms with Crippen LogP contribution in [0.15, 0.2) is 11.6 Å². The molecule has 0 amide bonds. The van der Waals surface area contributed by atoms with Crippen LogP contribution in [0, 0.1) is 56.7 Å². The van der Waals surface area contributed by atoms with E-state index in [9.17, 15) is 35.1 Å². The van der Waals surface area contributed by atoms with Crippen molar-refractivity contribution in [3.63, 3.8) is 0 Å². The van der Waals surface area contributed by atoms with Gasteiger partial charge in [-0.3, -0.25) is 9.59 Å². The molecular weight excluding hydrogens is 576 g/mol. The first-order chi connectivity index (χ1) is 20.8. The predicted molar refractivity (Wildman–Crippen MR) is 165 cm³/mol. The number of Topliss-reactive ketones (excluding diaryl/α,β-unsaturated/α-hetero) is 2. The average Bonchev–Trinajstić information content (AvgIpc) is 3.24. The number of aliphatic hydroxyl groups is 5. The van der Waals surface area contributed by atoms with Gasteiger partial charge in [-0.05, 0) is 71.0 Å². The van der Waals surface area contributed by atoms with Crippen LogP contribution in [0.3, 0.4) is 0 Å². The lowest BCUT2D eigenvalue weighted by Gasteiger charge is -2.68. The van der Waals surface area contributed by atoms with Crippen LogP contribution in [0.2, 0.25) is 0 Å². The van der Waals surface area contributed by atoms with Gasteiger partial charge >= 0.3 is 0 Å². The fourth-order valence-electron chi connectivity index (χ4n) is 12.4. The Kier molecular flexibility index (Phi) is 7.97. The minimum Gasteiger partial charge on any atom is -0.394 e. The molecule has 0 aromatic carbocycles. The Balaban J connectivity index is 1.33. The van der Waals surface area contributed by atoms with Crippen molar-refractivity contribution in [3.8, 4) is 0 Å². The maximum Gasteiger partial charge on any atom is 0.187 e. The third-order valence-electron chi connectivity index (χ3n) is 14.8. The van der Waals surface area contributed by atoms with Crippen molar-refractivity contribution in [2.75, 3.05) is 6.61 Å². The highest BCUT2D eigenvalue weighted by Gasteiger charge is 2.73. The number of hydrogen-bond donors (Lipinski definition) is 5. The standard InChI is InChI=1S/C36H56O9/c1-17(2)20-13-21(38)29-34(6)12-11-18-19(35(34,7)15-25(40)36(20,29)8)9-10-24-32(3,4)30(22(39)14-33(18,24)5)45-31-28(43)27(42)26(41)23(16-37)44-31/h11,17,19-20,22-24,26-31,37,39,41-43H,9-10,12-16H2,1-8H3/t19-,20+,22+,23+,24-,26+,27-,28+,29-,30-,31-,33+,34-,35+,36-/m0/s1. The molecule has 0 bridgehead atoms. The second-order valence-corrected chi connectivity index (χ2v) is 17.5. The largest absolute Gasteiger partial charge is 0.394 e. The first-order valence-electron chi connectivity index (χ1n) is 17.2. The molecule has 0 aromatic rings. The fourth-order valence-corrected chi connectivity index (χ4v) is 12.4. The lowest BCUT2D eigenvalue weighted by Crippen LogP contribution is -2.67. The van der Waals surface area contributed by atoms with E-state index in [1.54, 1.807) is 0 Å². The van der Waals surface area contributed by atoms with Gasteiger partial charge in [0.05, 0.1) is 18.8 Å². The van der Waals surface area contributed by atoms with Gasteiger partial charge in [0.1, 0.15) is 36.0 Å². The summed E-state index contributed by atoms with van der Waals surface area (Å²) in [5.41, 5.74) is -1.03. The van der Waals surface area contributed by atoms with Crippen molar-refractivity contribution >= 4 is 11.6 Å². The first-order valence-corrected chi connectivity index (χ1v) is 17.2. The van der Waals surface area contributed by atoms with Crippen molar-refractivity contribution in [1.29, 1.82) is 0 Å². The molecule has 5 fully saturated rings. The van der Waals surface area contributed by atoms with E-state index in [0.29, 0.717) is 19.3 Å². The van der Waals surface area contributed by atoms with Crippen molar-refractivity contribution in [1.82, 2.24) is 0 Å². The second kappa shape index (κ2) is 10.6. The van der Waals surface area contributed by atoms with Gasteiger partial charge in [-0.2, -0.15) is 0 Å². The van der Waals surface area contributed by atoms with E-state index in [1.165, 1.54) is 5.57 Å². The molecule has 0 spiro atoms. The van der Waals surface area contributed by atoms with Crippen LogP contribution >= 0.6 is 0 Å². The molecule has 1 saturated heterocycles. The maximum absolute atomic E-state index is 14.3. The van der Waals surface area contributed by atoms with E-state index < -0.39 is 60.4 Å². The molecule has 0 radical (unpaired) electrons. The minimum atomic E-state index is -1.56. The fraction of sp³-hybridized carbons (Fsp3) is 0.889. The Labute approximate surface area is 267 Å². The number of allylic oxidation sites excluding steroid dienone is 2. The summed E-state index contributed by atoms with van der Waals surface area (Å²) in [5, 5.41) is 52.7. The average molecular weight is 633 g/mol. The number of aliphatic hydroxyl groups excluding tert-OH is 5. The zero-order chi connectivity index (χ0) is 33.2. The zero-order valence-electron chi connectivity index (χ0n) is 28.3. The summed E-state index contributed by atoms with van der Waals surface area (Å²) in [4.78, 5) is 28.2. The Bertz CT molecular complexity index is 1260. The van der Waals surface area contributed by atoms with E-state index in [4.69, 9.17) is 9.47 Å². The molecule has 4 saturated carbocycles. The summed E-state index contributed by atoms with van der Waals surface area (Å²) in [6, 6.07) is 0. The van der Waals surface area contributed by atoms with Crippen molar-refractivity contribution < 1.29 is 44.6 Å². The third kappa shape index (κ3) is 4.29. The molecular formula is C36H56O9. The topological polar surface area (TPSA) is 154 Å². The van der Waals surface area contributed by atoms with Crippen LogP contribution in [0.1, 0.15) is 93.9 Å². The third-order valence-corrected chi connectivity index (χ3v) is 14.8. The van der Waals surface area contributed by atoms with E-state index in [2.05, 4.69) is 61.5 Å². The van der Waals surface area contributed by atoms with Gasteiger partial charge in [0.2, 0.25) is 0 Å². The van der Waals surface area contributed by atoms with Gasteiger partial charge in [0, 0.05) is 24.2 Å². The molecule has 6 rings (SSSR count). The predicted octanol–water partition coefficient (Wildman–Crippen LogP) is 3.18. The van der Waals surface area contributed by atoms with Crippen molar-refractivity contribution in [3.05, 3.63) is 11.6 Å². The van der Waals surface area contributed by atoms with Gasteiger partial charge in [-0.15, -0.1) is 0 Å². The molecule has 5 aliphatic carbocycles. The normalized spacial score (nSPS) is 54.2. The van der Waals surface area contributed by atoms with Crippen LogP contribution in [-0.4, -0.2) is 86.6 Å². The van der Waals surface area contributed by atoms with Crippen LogP contribution in [-0.2, 0) is 19.1 Å². The quantitative estimate of drug-likeness (QED) is 0.232. The van der Waals surface area contributed by atoms with E-state index in [-0.39, 0.29) is 57.4 Å². The molecule has 1 aliphatic heterocycles. The number of carbonyl (C=O) groups excluding carboxylic acids is 2. The molecule has 45 heavy (non-hydrogen) atoms. The Morgan fingerprint density at radius 3 is 2.24 bits per heavy atom. The van der Waals surface area contributed by atoms with Crippen molar-refractivity contribution in [2.24, 2.45) is 56.7 Å². The summed E-state index contributed by atoms with van der Waals surface area (Å²) in [6.45, 7) is 16.7. The van der Waals surface area contributed by atoms with Crippen LogP contribution < -0.4 is 0 Å². The summed E-state index contributed by atoms with van der Waals surface area (Å²) in [6.07, 6.45) is -2.51. The Morgan fingerprint density at radius 1 is 0.956 bits per heavy atom. The molecule has 254 valence electrons. The highest BCUT2D eigenvalue weighted by molar-refractivity contribution is 5.99. The number of ether oxygens (including phenoxy) is 2. The summed E-state index contributed by atoms with van der Waals surface area (Å²) < 4.78 is 12.0. The molecule has 6 aliphatic rings. The lowest BCUT2D eigenvalue weighted by atomic mass is 9.35. The Morgan fingerprint density at radius 2 is 1.62 bits per heavy atom. The second-order valence-electron chi connectivity index (χ2n) is 17.5. The van der Waals surface area contributed by atoms with Gasteiger partial charge in [0.15, 0.2) is 6.29 Å². The van der Waals surface area contributed by atoms with Crippen LogP contribution in [0.5, 0.6) is 0 Å². The molecule has 9 nitrogen and oxygen atoms in total. The molecule has 15 atom stereocenters. The minimum absolute atomic E-state index is 0.0671. The van der Waals surface area contributed by atoms with Gasteiger partial charge in [-0.1, -0.05) is 67.0 Å². The molecule has 1 heterocycles. The highest BCUT2D eigenvalue weighted by atomic mass is 16.7. The number of fused-ring (bicyclic) bond motifs is 7. The maximum atomic E-state index is 14.3. The number of rotatable bonds is 4. The van der Waals surface area contributed by atoms with Gasteiger partial charge in [0.25, 0.3) is 0 Å². The molecule has 9 heteroatoms. The Hall–Kier alpha value is -1.20. The van der Waals surface area contributed by atoms with Crippen LogP contribution in [0.4, 0.5) is 0 Å². The zero-order valence-corrected chi connectivity index (χ0v) is 28.3. The van der Waals surface area contributed by atoms with E-state index in [1.807, 2.05) is 0 Å². The smallest absolute Gasteiger partial charge is 0.187 e. The highest BCUT2D eigenvalue weighted by Crippen LogP contribution is 2.75. The molecule has 5 N–H and O–H groups in total. The van der Waals surface area contributed by atoms with E-state index in [0.717, 1.165) is 19.3 Å². The van der Waals surface area contributed by atoms with Gasteiger partial charge < -0.3 is 35.0 Å². The first kappa shape index (κ1) is 33.7. The SMILES string of the molecule is CC(C)[C@H]1CC(=O)[C@@H]2[C@]1(C)C(=O)C[C@]1(C)[C@H]3CC[C@H]4C(C)(C)[C@@H](O[C@@H]5O[C@H](CO)[C@@H](O)[C@H](O)[C@H]5O)[C@H](O)C[C@]4(C)C3=CC[C@@]21C. The van der Waals surface area contributed by atoms with E-state index >= 15 is 0 Å². The number of carbonyl (C=O) groups is 2. The van der Waals surface area contributed by atoms with Crippen LogP contribution in [0.25, 0.3) is 0 Å². The number of hydrogen-bond acceptors (Lipinski definition) is 9. The van der Waals surface area contributed by atoms with Crippen molar-refractivity contribution in [2.45, 2.75) is 137 Å². The molecule has 0 aromatic heterocycles. The summed E-state index contributed by atoms with van der Waals surface area (Å²) in [5.74, 6) is 0.729. The summed E-state index contributed by atoms with van der Waals surface area (Å²) >= 11 is 0. The summed E-state index contributed by atoms with van der Waals surface area (Å²) in [7, 11) is 0.